The lowest BCUT2D eigenvalue weighted by molar-refractivity contribution is 0.0294. The zero-order chi connectivity index (χ0) is 14.8. The van der Waals surface area contributed by atoms with E-state index in [1.807, 2.05) is 20.2 Å². The van der Waals surface area contributed by atoms with Gasteiger partial charge in [-0.25, -0.2) is 0 Å². The molecular formula is C16H28N2O2. The highest BCUT2D eigenvalue weighted by Gasteiger charge is 2.22. The van der Waals surface area contributed by atoms with E-state index < -0.39 is 0 Å². The van der Waals surface area contributed by atoms with Crippen molar-refractivity contribution in [2.75, 3.05) is 20.3 Å². The number of likely N-dealkylation sites (N-methyl/N-ethyl adjacent to an activating group) is 1. The maximum absolute atomic E-state index is 5.88. The van der Waals surface area contributed by atoms with Crippen LogP contribution >= 0.6 is 0 Å². The number of ether oxygens (including phenoxy) is 2. The van der Waals surface area contributed by atoms with Crippen LogP contribution in [0.1, 0.15) is 51.6 Å². The van der Waals surface area contributed by atoms with Gasteiger partial charge in [-0.1, -0.05) is 20.3 Å². The molecule has 0 aromatic carbocycles. The summed E-state index contributed by atoms with van der Waals surface area (Å²) in [4.78, 5) is 4.29. The Labute approximate surface area is 122 Å². The number of aromatic nitrogens is 1. The van der Waals surface area contributed by atoms with Crippen LogP contribution in [0.15, 0.2) is 18.5 Å². The van der Waals surface area contributed by atoms with Crippen molar-refractivity contribution in [1.29, 1.82) is 0 Å². The van der Waals surface area contributed by atoms with Crippen LogP contribution < -0.4 is 10.1 Å². The SMILES string of the molecule is CCCOc1cncc(C(NC)C(CCC)OCC)c1. The Morgan fingerprint density at radius 3 is 2.60 bits per heavy atom. The minimum atomic E-state index is 0.146. The fourth-order valence-electron chi connectivity index (χ4n) is 2.32. The smallest absolute Gasteiger partial charge is 0.137 e. The summed E-state index contributed by atoms with van der Waals surface area (Å²) in [5.74, 6) is 0.830. The van der Waals surface area contributed by atoms with Crippen molar-refractivity contribution in [2.45, 2.75) is 52.2 Å². The Bertz CT molecular complexity index is 365. The standard InChI is InChI=1S/C16H28N2O2/c1-5-8-15(19-7-3)16(17-4)13-10-14(12-18-11-13)20-9-6-2/h10-12,15-17H,5-9H2,1-4H3. The van der Waals surface area contributed by atoms with E-state index in [-0.39, 0.29) is 12.1 Å². The van der Waals surface area contributed by atoms with Gasteiger partial charge in [0.1, 0.15) is 5.75 Å². The summed E-state index contributed by atoms with van der Waals surface area (Å²) in [5, 5.41) is 3.35. The maximum atomic E-state index is 5.88. The quantitative estimate of drug-likeness (QED) is 0.714. The second-order valence-corrected chi connectivity index (χ2v) is 4.85. The fraction of sp³-hybridized carbons (Fsp3) is 0.688. The van der Waals surface area contributed by atoms with Crippen molar-refractivity contribution in [3.8, 4) is 5.75 Å². The summed E-state index contributed by atoms with van der Waals surface area (Å²) in [7, 11) is 1.96. The molecule has 4 heteroatoms. The highest BCUT2D eigenvalue weighted by Crippen LogP contribution is 2.24. The largest absolute Gasteiger partial charge is 0.492 e. The van der Waals surface area contributed by atoms with Crippen LogP contribution in [-0.2, 0) is 4.74 Å². The molecule has 0 fully saturated rings. The summed E-state index contributed by atoms with van der Waals surface area (Å²) in [6.07, 6.45) is 6.94. The van der Waals surface area contributed by atoms with Gasteiger partial charge in [0, 0.05) is 12.8 Å². The second-order valence-electron chi connectivity index (χ2n) is 4.85. The van der Waals surface area contributed by atoms with Gasteiger partial charge in [0.05, 0.1) is 24.9 Å². The molecule has 2 atom stereocenters. The molecule has 114 valence electrons. The van der Waals surface area contributed by atoms with Crippen LogP contribution in [0.4, 0.5) is 0 Å². The van der Waals surface area contributed by atoms with E-state index in [1.165, 1.54) is 0 Å². The molecule has 1 rings (SSSR count). The Hall–Kier alpha value is -1.13. The Kier molecular flexibility index (Phi) is 8.23. The third-order valence-corrected chi connectivity index (χ3v) is 3.20. The van der Waals surface area contributed by atoms with Crippen molar-refractivity contribution in [1.82, 2.24) is 10.3 Å². The predicted molar refractivity (Wildman–Crippen MR) is 82.1 cm³/mol. The molecule has 20 heavy (non-hydrogen) atoms. The summed E-state index contributed by atoms with van der Waals surface area (Å²) in [5.41, 5.74) is 1.12. The van der Waals surface area contributed by atoms with Gasteiger partial charge >= 0.3 is 0 Å². The highest BCUT2D eigenvalue weighted by molar-refractivity contribution is 5.26. The number of pyridine rings is 1. The lowest BCUT2D eigenvalue weighted by atomic mass is 9.99. The zero-order valence-corrected chi connectivity index (χ0v) is 13.2. The first-order chi connectivity index (χ1) is 9.76. The van der Waals surface area contributed by atoms with Crippen LogP contribution in [0.2, 0.25) is 0 Å². The van der Waals surface area contributed by atoms with Crippen LogP contribution in [0.3, 0.4) is 0 Å². The predicted octanol–water partition coefficient (Wildman–Crippen LogP) is 3.34. The molecule has 1 aromatic heterocycles. The third-order valence-electron chi connectivity index (χ3n) is 3.20. The normalized spacial score (nSPS) is 14.0. The van der Waals surface area contributed by atoms with E-state index in [9.17, 15) is 0 Å². The number of hydrogen-bond donors (Lipinski definition) is 1. The topological polar surface area (TPSA) is 43.4 Å². The fourth-order valence-corrected chi connectivity index (χ4v) is 2.32. The molecule has 0 saturated heterocycles. The highest BCUT2D eigenvalue weighted by atomic mass is 16.5. The second kappa shape index (κ2) is 9.72. The Morgan fingerprint density at radius 1 is 1.20 bits per heavy atom. The molecule has 1 N–H and O–H groups in total. The molecule has 4 nitrogen and oxygen atoms in total. The van der Waals surface area contributed by atoms with Gasteiger partial charge in [-0.2, -0.15) is 0 Å². The van der Waals surface area contributed by atoms with Crippen molar-refractivity contribution in [3.05, 3.63) is 24.0 Å². The van der Waals surface area contributed by atoms with Crippen LogP contribution in [0.5, 0.6) is 5.75 Å². The van der Waals surface area contributed by atoms with E-state index >= 15 is 0 Å². The summed E-state index contributed by atoms with van der Waals surface area (Å²) in [6, 6.07) is 2.21. The molecule has 0 saturated carbocycles. The summed E-state index contributed by atoms with van der Waals surface area (Å²) < 4.78 is 11.5. The van der Waals surface area contributed by atoms with Gasteiger partial charge in [-0.05, 0) is 38.4 Å². The van der Waals surface area contributed by atoms with Gasteiger partial charge in [-0.15, -0.1) is 0 Å². The molecule has 0 radical (unpaired) electrons. The average Bonchev–Trinajstić information content (AvgIpc) is 2.47. The summed E-state index contributed by atoms with van der Waals surface area (Å²) in [6.45, 7) is 7.76. The van der Waals surface area contributed by atoms with E-state index in [0.29, 0.717) is 0 Å². The molecule has 0 aliphatic rings. The van der Waals surface area contributed by atoms with E-state index in [2.05, 4.69) is 30.2 Å². The maximum Gasteiger partial charge on any atom is 0.137 e. The van der Waals surface area contributed by atoms with Gasteiger partial charge in [-0.3, -0.25) is 4.98 Å². The Balaban J connectivity index is 2.86. The molecule has 0 aliphatic heterocycles. The van der Waals surface area contributed by atoms with Gasteiger partial charge in [0.25, 0.3) is 0 Å². The van der Waals surface area contributed by atoms with Gasteiger partial charge in [0.2, 0.25) is 0 Å². The number of nitrogens with zero attached hydrogens (tertiary/aromatic N) is 1. The number of rotatable bonds is 10. The number of nitrogens with one attached hydrogen (secondary N) is 1. The molecule has 0 amide bonds. The van der Waals surface area contributed by atoms with E-state index in [4.69, 9.17) is 9.47 Å². The summed E-state index contributed by atoms with van der Waals surface area (Å²) >= 11 is 0. The van der Waals surface area contributed by atoms with Crippen LogP contribution in [0.25, 0.3) is 0 Å². The van der Waals surface area contributed by atoms with Crippen molar-refractivity contribution in [3.63, 3.8) is 0 Å². The van der Waals surface area contributed by atoms with Crippen LogP contribution in [0, 0.1) is 0 Å². The van der Waals surface area contributed by atoms with E-state index in [0.717, 1.165) is 43.8 Å². The first-order valence-corrected chi connectivity index (χ1v) is 7.63. The lowest BCUT2D eigenvalue weighted by Crippen LogP contribution is -2.32. The zero-order valence-electron chi connectivity index (χ0n) is 13.2. The van der Waals surface area contributed by atoms with Gasteiger partial charge < -0.3 is 14.8 Å². The average molecular weight is 280 g/mol. The molecular weight excluding hydrogens is 252 g/mol. The molecule has 1 aromatic rings. The lowest BCUT2D eigenvalue weighted by Gasteiger charge is -2.27. The third kappa shape index (κ3) is 5.10. The van der Waals surface area contributed by atoms with Gasteiger partial charge in [0.15, 0.2) is 0 Å². The molecule has 0 spiro atoms. The van der Waals surface area contributed by atoms with Crippen LogP contribution in [-0.4, -0.2) is 31.3 Å². The van der Waals surface area contributed by atoms with E-state index in [1.54, 1.807) is 6.20 Å². The first-order valence-electron chi connectivity index (χ1n) is 7.63. The van der Waals surface area contributed by atoms with Crippen molar-refractivity contribution < 1.29 is 9.47 Å². The monoisotopic (exact) mass is 280 g/mol. The minimum Gasteiger partial charge on any atom is -0.492 e. The minimum absolute atomic E-state index is 0.146. The van der Waals surface area contributed by atoms with Crippen molar-refractivity contribution in [2.24, 2.45) is 0 Å². The molecule has 0 aliphatic carbocycles. The molecule has 2 unspecified atom stereocenters. The first kappa shape index (κ1) is 16.9. The number of hydrogen-bond acceptors (Lipinski definition) is 4. The molecule has 0 bridgehead atoms. The van der Waals surface area contributed by atoms with Crippen molar-refractivity contribution >= 4 is 0 Å². The Morgan fingerprint density at radius 2 is 2.00 bits per heavy atom. The molecule has 1 heterocycles.